The molecular weight excluding hydrogens is 396 g/mol. The zero-order chi connectivity index (χ0) is 20.8. The monoisotopic (exact) mass is 410 g/mol. The standard InChI is InChI=1S/C19H14N4O5S/c24-17(12-6-8-15(9-7-12)23(26)27)22-19(29)21-14-4-1-3-13(11-14)20-18(25)16-5-2-10-28-16/h1-11H,(H,20,25)(H2,21,22,24,29). The van der Waals surface area contributed by atoms with Crippen LogP contribution in [0.2, 0.25) is 0 Å². The predicted octanol–water partition coefficient (Wildman–Crippen LogP) is 3.57. The van der Waals surface area contributed by atoms with Crippen molar-refractivity contribution in [2.45, 2.75) is 0 Å². The second-order valence-corrected chi connectivity index (χ2v) is 6.13. The first-order valence-corrected chi connectivity index (χ1v) is 8.65. The number of nitro groups is 1. The largest absolute Gasteiger partial charge is 0.459 e. The van der Waals surface area contributed by atoms with Gasteiger partial charge in [-0.2, -0.15) is 0 Å². The number of non-ortho nitro benzene ring substituents is 1. The van der Waals surface area contributed by atoms with E-state index in [1.165, 1.54) is 30.5 Å². The van der Waals surface area contributed by atoms with Crippen molar-refractivity contribution in [1.29, 1.82) is 0 Å². The van der Waals surface area contributed by atoms with E-state index in [2.05, 4.69) is 16.0 Å². The van der Waals surface area contributed by atoms with Gasteiger partial charge >= 0.3 is 0 Å². The normalized spacial score (nSPS) is 10.1. The van der Waals surface area contributed by atoms with E-state index in [1.54, 1.807) is 36.4 Å². The van der Waals surface area contributed by atoms with Crippen LogP contribution in [-0.2, 0) is 0 Å². The fourth-order valence-corrected chi connectivity index (χ4v) is 2.56. The lowest BCUT2D eigenvalue weighted by Crippen LogP contribution is -2.34. The van der Waals surface area contributed by atoms with E-state index in [-0.39, 0.29) is 22.1 Å². The molecule has 0 aliphatic rings. The highest BCUT2D eigenvalue weighted by Crippen LogP contribution is 2.17. The van der Waals surface area contributed by atoms with Crippen LogP contribution in [-0.4, -0.2) is 21.9 Å². The van der Waals surface area contributed by atoms with Crippen molar-refractivity contribution < 1.29 is 18.9 Å². The first-order chi connectivity index (χ1) is 13.9. The average molecular weight is 410 g/mol. The number of benzene rings is 2. The van der Waals surface area contributed by atoms with E-state index < -0.39 is 16.7 Å². The summed E-state index contributed by atoms with van der Waals surface area (Å²) in [5.41, 5.74) is 1.15. The summed E-state index contributed by atoms with van der Waals surface area (Å²) in [4.78, 5) is 34.3. The number of hydrogen-bond acceptors (Lipinski definition) is 6. The number of thiocarbonyl (C=S) groups is 1. The Kier molecular flexibility index (Phi) is 5.95. The Morgan fingerprint density at radius 2 is 1.62 bits per heavy atom. The highest BCUT2D eigenvalue weighted by atomic mass is 32.1. The van der Waals surface area contributed by atoms with Crippen molar-refractivity contribution in [2.24, 2.45) is 0 Å². The van der Waals surface area contributed by atoms with E-state index >= 15 is 0 Å². The Morgan fingerprint density at radius 3 is 2.24 bits per heavy atom. The summed E-state index contributed by atoms with van der Waals surface area (Å²) in [6.45, 7) is 0. The van der Waals surface area contributed by atoms with Crippen LogP contribution in [0.4, 0.5) is 17.1 Å². The van der Waals surface area contributed by atoms with E-state index in [0.29, 0.717) is 11.4 Å². The third-order valence-corrected chi connectivity index (χ3v) is 3.89. The second kappa shape index (κ2) is 8.76. The number of carbonyl (C=O) groups excluding carboxylic acids is 2. The number of carbonyl (C=O) groups is 2. The van der Waals surface area contributed by atoms with Crippen molar-refractivity contribution in [3.05, 3.63) is 88.4 Å². The number of nitrogens with zero attached hydrogens (tertiary/aromatic N) is 1. The van der Waals surface area contributed by atoms with Gasteiger partial charge in [0.2, 0.25) is 0 Å². The number of hydrogen-bond donors (Lipinski definition) is 3. The molecule has 0 bridgehead atoms. The smallest absolute Gasteiger partial charge is 0.291 e. The number of nitro benzene ring substituents is 1. The van der Waals surface area contributed by atoms with Crippen molar-refractivity contribution in [3.63, 3.8) is 0 Å². The van der Waals surface area contributed by atoms with Crippen LogP contribution in [0, 0.1) is 10.1 Å². The molecule has 0 fully saturated rings. The zero-order valence-corrected chi connectivity index (χ0v) is 15.6. The lowest BCUT2D eigenvalue weighted by Gasteiger charge is -2.11. The number of amides is 2. The van der Waals surface area contributed by atoms with Crippen LogP contribution in [0.25, 0.3) is 0 Å². The Labute approximate surface area is 169 Å². The molecule has 2 aromatic carbocycles. The third kappa shape index (κ3) is 5.23. The van der Waals surface area contributed by atoms with E-state index in [9.17, 15) is 19.7 Å². The first-order valence-electron chi connectivity index (χ1n) is 8.24. The Hall–Kier alpha value is -4.05. The molecule has 0 spiro atoms. The molecule has 0 aliphatic heterocycles. The minimum atomic E-state index is -0.550. The Morgan fingerprint density at radius 1 is 0.931 bits per heavy atom. The van der Waals surface area contributed by atoms with Crippen LogP contribution in [0.1, 0.15) is 20.9 Å². The molecule has 1 aromatic heterocycles. The van der Waals surface area contributed by atoms with Gasteiger partial charge in [0, 0.05) is 29.1 Å². The summed E-state index contributed by atoms with van der Waals surface area (Å²) in [7, 11) is 0. The summed E-state index contributed by atoms with van der Waals surface area (Å²) < 4.78 is 5.04. The first kappa shape index (κ1) is 19.7. The quantitative estimate of drug-likeness (QED) is 0.333. The van der Waals surface area contributed by atoms with E-state index in [0.717, 1.165) is 0 Å². The molecule has 3 N–H and O–H groups in total. The van der Waals surface area contributed by atoms with Gasteiger partial charge in [0.05, 0.1) is 11.2 Å². The summed E-state index contributed by atoms with van der Waals surface area (Å²) in [6.07, 6.45) is 1.40. The van der Waals surface area contributed by atoms with Gasteiger partial charge in [-0.05, 0) is 54.7 Å². The van der Waals surface area contributed by atoms with Crippen molar-refractivity contribution >= 4 is 46.2 Å². The maximum Gasteiger partial charge on any atom is 0.291 e. The number of nitrogens with one attached hydrogen (secondary N) is 3. The van der Waals surface area contributed by atoms with Gasteiger partial charge in [-0.3, -0.25) is 25.0 Å². The molecule has 0 radical (unpaired) electrons. The van der Waals surface area contributed by atoms with Gasteiger partial charge in [0.25, 0.3) is 17.5 Å². The lowest BCUT2D eigenvalue weighted by molar-refractivity contribution is -0.384. The van der Waals surface area contributed by atoms with Crippen molar-refractivity contribution in [1.82, 2.24) is 5.32 Å². The van der Waals surface area contributed by atoms with Gasteiger partial charge in [-0.1, -0.05) is 6.07 Å². The Bertz CT molecular complexity index is 1060. The molecule has 2 amide bonds. The van der Waals surface area contributed by atoms with E-state index in [4.69, 9.17) is 16.6 Å². The number of anilines is 2. The maximum absolute atomic E-state index is 12.2. The molecule has 0 unspecified atom stereocenters. The fourth-order valence-electron chi connectivity index (χ4n) is 2.35. The van der Waals surface area contributed by atoms with Crippen LogP contribution >= 0.6 is 12.2 Å². The molecule has 0 saturated carbocycles. The third-order valence-electron chi connectivity index (χ3n) is 3.69. The molecule has 29 heavy (non-hydrogen) atoms. The summed E-state index contributed by atoms with van der Waals surface area (Å²) in [6, 6.07) is 15.0. The van der Waals surface area contributed by atoms with Gasteiger partial charge in [-0.15, -0.1) is 0 Å². The fraction of sp³-hybridized carbons (Fsp3) is 0. The number of furan rings is 1. The van der Waals surface area contributed by atoms with Gasteiger partial charge in [0.15, 0.2) is 10.9 Å². The van der Waals surface area contributed by atoms with Crippen molar-refractivity contribution in [3.8, 4) is 0 Å². The van der Waals surface area contributed by atoms with Crippen LogP contribution in [0.3, 0.4) is 0 Å². The summed E-state index contributed by atoms with van der Waals surface area (Å²) in [5, 5.41) is 18.7. The Balaban J connectivity index is 1.59. The molecule has 3 aromatic rings. The number of rotatable bonds is 5. The average Bonchev–Trinajstić information content (AvgIpc) is 3.23. The van der Waals surface area contributed by atoms with Crippen molar-refractivity contribution in [2.75, 3.05) is 10.6 Å². The molecule has 3 rings (SSSR count). The lowest BCUT2D eigenvalue weighted by atomic mass is 10.2. The molecule has 1 heterocycles. The molecule has 0 saturated heterocycles. The minimum absolute atomic E-state index is 0.0304. The van der Waals surface area contributed by atoms with E-state index in [1.807, 2.05) is 0 Å². The summed E-state index contributed by atoms with van der Waals surface area (Å²) >= 11 is 5.12. The van der Waals surface area contributed by atoms with Gasteiger partial charge in [-0.25, -0.2) is 0 Å². The molecule has 0 atom stereocenters. The van der Waals surface area contributed by atoms with Crippen LogP contribution < -0.4 is 16.0 Å². The van der Waals surface area contributed by atoms with Gasteiger partial charge in [0.1, 0.15) is 0 Å². The maximum atomic E-state index is 12.2. The molecular formula is C19H14N4O5S. The predicted molar refractivity (Wildman–Crippen MR) is 110 cm³/mol. The highest BCUT2D eigenvalue weighted by Gasteiger charge is 2.12. The highest BCUT2D eigenvalue weighted by molar-refractivity contribution is 7.80. The molecule has 10 heteroatoms. The second-order valence-electron chi connectivity index (χ2n) is 5.72. The minimum Gasteiger partial charge on any atom is -0.459 e. The molecule has 9 nitrogen and oxygen atoms in total. The zero-order valence-electron chi connectivity index (χ0n) is 14.7. The van der Waals surface area contributed by atoms with Crippen LogP contribution in [0.15, 0.2) is 71.3 Å². The molecule has 0 aliphatic carbocycles. The topological polar surface area (TPSA) is 127 Å². The van der Waals surface area contributed by atoms with Gasteiger partial charge < -0.3 is 15.1 Å². The summed E-state index contributed by atoms with van der Waals surface area (Å²) in [5.74, 6) is -0.741. The SMILES string of the molecule is O=C(NC(=S)Nc1cccc(NC(=O)c2ccco2)c1)c1ccc([N+](=O)[O-])cc1. The molecule has 146 valence electrons. The van der Waals surface area contributed by atoms with Crippen LogP contribution in [0.5, 0.6) is 0 Å².